The summed E-state index contributed by atoms with van der Waals surface area (Å²) in [5.74, 6) is 0.558. The van der Waals surface area contributed by atoms with Gasteiger partial charge in [-0.15, -0.1) is 12.4 Å². The Balaban J connectivity index is 0.00000264. The Labute approximate surface area is 147 Å². The Morgan fingerprint density at radius 2 is 1.96 bits per heavy atom. The zero-order valence-corrected chi connectivity index (χ0v) is 16.1. The van der Waals surface area contributed by atoms with Crippen LogP contribution < -0.4 is 5.32 Å². The molecule has 2 N–H and O–H groups in total. The number of amides is 1. The Morgan fingerprint density at radius 3 is 2.35 bits per heavy atom. The first-order valence-corrected chi connectivity index (χ1v) is 8.60. The van der Waals surface area contributed by atoms with E-state index in [0.29, 0.717) is 23.9 Å². The summed E-state index contributed by atoms with van der Waals surface area (Å²) < 4.78 is 0. The number of carbonyl (C=O) groups is 1. The monoisotopic (exact) mass is 347 g/mol. The average Bonchev–Trinajstić information content (AvgIpc) is 2.79. The number of rotatable bonds is 5. The number of hydrogen-bond acceptors (Lipinski definition) is 3. The van der Waals surface area contributed by atoms with Crippen LogP contribution in [-0.4, -0.2) is 65.3 Å². The molecule has 0 bridgehead atoms. The molecule has 1 spiro atoms. The summed E-state index contributed by atoms with van der Waals surface area (Å²) in [7, 11) is 0. The molecule has 1 atom stereocenters. The third-order valence-corrected chi connectivity index (χ3v) is 5.34. The lowest BCUT2D eigenvalue weighted by atomic mass is 9.76. The Hall–Kier alpha value is -0.520. The van der Waals surface area contributed by atoms with Crippen molar-refractivity contribution in [3.05, 3.63) is 0 Å². The van der Waals surface area contributed by atoms with Gasteiger partial charge in [0.25, 0.3) is 0 Å². The van der Waals surface area contributed by atoms with Crippen LogP contribution in [0.15, 0.2) is 0 Å². The topological polar surface area (TPSA) is 55.8 Å². The molecule has 0 saturated carbocycles. The number of carboxylic acid groups (broad SMARTS) is 1. The smallest absolute Gasteiger partial charge is 0.407 e. The lowest BCUT2D eigenvalue weighted by Crippen LogP contribution is -2.62. The van der Waals surface area contributed by atoms with E-state index in [1.54, 1.807) is 4.90 Å². The van der Waals surface area contributed by atoms with Gasteiger partial charge in [0.1, 0.15) is 0 Å². The molecule has 0 aromatic carbocycles. The van der Waals surface area contributed by atoms with Crippen LogP contribution in [0.4, 0.5) is 4.79 Å². The maximum Gasteiger partial charge on any atom is 0.407 e. The number of hydrogen-bond donors (Lipinski definition) is 2. The van der Waals surface area contributed by atoms with Crippen LogP contribution in [0.1, 0.15) is 47.5 Å². The molecule has 5 nitrogen and oxygen atoms in total. The molecule has 23 heavy (non-hydrogen) atoms. The fourth-order valence-corrected chi connectivity index (χ4v) is 4.03. The molecule has 0 aliphatic carbocycles. The van der Waals surface area contributed by atoms with Crippen molar-refractivity contribution in [2.45, 2.75) is 59.0 Å². The molecule has 0 aromatic rings. The molecule has 0 aromatic heterocycles. The highest BCUT2D eigenvalue weighted by atomic mass is 35.5. The zero-order valence-electron chi connectivity index (χ0n) is 15.3. The fourth-order valence-electron chi connectivity index (χ4n) is 4.03. The molecule has 1 unspecified atom stereocenters. The van der Waals surface area contributed by atoms with Gasteiger partial charge in [-0.3, -0.25) is 4.90 Å². The summed E-state index contributed by atoms with van der Waals surface area (Å²) in [6, 6.07) is 0.482. The summed E-state index contributed by atoms with van der Waals surface area (Å²) >= 11 is 0. The van der Waals surface area contributed by atoms with Gasteiger partial charge in [-0.25, -0.2) is 4.79 Å². The first-order valence-electron chi connectivity index (χ1n) is 8.60. The standard InChI is InChI=1S/C17H33N3O2.ClH/c1-13(2)14(6-9-20(15(21)22)16(3,4)5)19-11-17(12-19)7-8-18-10-17;/h13-14,18H,6-12H2,1-5H3,(H,21,22);1H. The van der Waals surface area contributed by atoms with Gasteiger partial charge in [-0.05, 0) is 46.1 Å². The van der Waals surface area contributed by atoms with Crippen LogP contribution in [-0.2, 0) is 0 Å². The summed E-state index contributed by atoms with van der Waals surface area (Å²) in [4.78, 5) is 15.6. The van der Waals surface area contributed by atoms with E-state index in [-0.39, 0.29) is 17.9 Å². The van der Waals surface area contributed by atoms with Gasteiger partial charge >= 0.3 is 6.09 Å². The Kier molecular flexibility index (Phi) is 6.76. The fraction of sp³-hybridized carbons (Fsp3) is 0.941. The molecule has 0 radical (unpaired) electrons. The normalized spacial score (nSPS) is 21.8. The summed E-state index contributed by atoms with van der Waals surface area (Å²) in [5, 5.41) is 12.9. The molecule has 1 amide bonds. The third-order valence-electron chi connectivity index (χ3n) is 5.34. The van der Waals surface area contributed by atoms with Crippen molar-refractivity contribution in [1.82, 2.24) is 15.1 Å². The predicted octanol–water partition coefficient (Wildman–Crippen LogP) is 2.90. The lowest BCUT2D eigenvalue weighted by Gasteiger charge is -2.53. The first kappa shape index (κ1) is 20.5. The van der Waals surface area contributed by atoms with E-state index in [9.17, 15) is 9.90 Å². The van der Waals surface area contributed by atoms with Crippen molar-refractivity contribution in [1.29, 1.82) is 0 Å². The van der Waals surface area contributed by atoms with Gasteiger partial charge in [0, 0.05) is 43.2 Å². The predicted molar refractivity (Wildman–Crippen MR) is 96.5 cm³/mol. The highest BCUT2D eigenvalue weighted by Gasteiger charge is 2.47. The van der Waals surface area contributed by atoms with Crippen LogP contribution in [0.2, 0.25) is 0 Å². The van der Waals surface area contributed by atoms with E-state index in [1.165, 1.54) is 19.5 Å². The van der Waals surface area contributed by atoms with Crippen molar-refractivity contribution in [3.8, 4) is 0 Å². The molecular formula is C17H34ClN3O2. The van der Waals surface area contributed by atoms with Crippen molar-refractivity contribution < 1.29 is 9.90 Å². The van der Waals surface area contributed by atoms with E-state index in [1.807, 2.05) is 20.8 Å². The van der Waals surface area contributed by atoms with Gasteiger partial charge in [-0.1, -0.05) is 13.8 Å². The quantitative estimate of drug-likeness (QED) is 0.803. The van der Waals surface area contributed by atoms with Crippen molar-refractivity contribution in [3.63, 3.8) is 0 Å². The number of nitrogens with zero attached hydrogens (tertiary/aromatic N) is 2. The van der Waals surface area contributed by atoms with Crippen LogP contribution in [0, 0.1) is 11.3 Å². The second kappa shape index (κ2) is 7.58. The molecule has 6 heteroatoms. The maximum absolute atomic E-state index is 11.5. The minimum absolute atomic E-state index is 0. The first-order chi connectivity index (χ1) is 10.1. The molecule has 136 valence electrons. The van der Waals surface area contributed by atoms with Crippen LogP contribution in [0.5, 0.6) is 0 Å². The molecule has 2 rings (SSSR count). The minimum atomic E-state index is -0.810. The molecule has 2 aliphatic rings. The Morgan fingerprint density at radius 1 is 1.35 bits per heavy atom. The van der Waals surface area contributed by atoms with Crippen LogP contribution >= 0.6 is 12.4 Å². The maximum atomic E-state index is 11.5. The Bertz CT molecular complexity index is 395. The van der Waals surface area contributed by atoms with Gasteiger partial charge in [0.05, 0.1) is 0 Å². The van der Waals surface area contributed by atoms with Crippen LogP contribution in [0.25, 0.3) is 0 Å². The summed E-state index contributed by atoms with van der Waals surface area (Å²) in [6.07, 6.45) is 1.40. The largest absolute Gasteiger partial charge is 0.465 e. The van der Waals surface area contributed by atoms with E-state index in [2.05, 4.69) is 24.1 Å². The van der Waals surface area contributed by atoms with Crippen molar-refractivity contribution in [2.24, 2.45) is 11.3 Å². The van der Waals surface area contributed by atoms with Crippen LogP contribution in [0.3, 0.4) is 0 Å². The molecule has 2 fully saturated rings. The zero-order chi connectivity index (χ0) is 16.5. The van der Waals surface area contributed by atoms with Crippen molar-refractivity contribution >= 4 is 18.5 Å². The molecule has 2 heterocycles. The molecule has 2 aliphatic heterocycles. The molecular weight excluding hydrogens is 314 g/mol. The van der Waals surface area contributed by atoms with Gasteiger partial charge in [-0.2, -0.15) is 0 Å². The highest BCUT2D eigenvalue weighted by Crippen LogP contribution is 2.39. The second-order valence-corrected chi connectivity index (χ2v) is 8.54. The van der Waals surface area contributed by atoms with E-state index in [0.717, 1.165) is 19.5 Å². The van der Waals surface area contributed by atoms with Crippen molar-refractivity contribution in [2.75, 3.05) is 32.7 Å². The third kappa shape index (κ3) is 4.74. The lowest BCUT2D eigenvalue weighted by molar-refractivity contribution is -0.0383. The number of halogens is 1. The van der Waals surface area contributed by atoms with E-state index >= 15 is 0 Å². The summed E-state index contributed by atoms with van der Waals surface area (Å²) in [6.45, 7) is 15.7. The highest BCUT2D eigenvalue weighted by molar-refractivity contribution is 5.85. The number of nitrogens with one attached hydrogen (secondary N) is 1. The SMILES string of the molecule is CC(C)C(CCN(C(=O)O)C(C)(C)C)N1CC2(CCNC2)C1.Cl. The van der Waals surface area contributed by atoms with Gasteiger partial charge in [0.2, 0.25) is 0 Å². The minimum Gasteiger partial charge on any atom is -0.465 e. The van der Waals surface area contributed by atoms with E-state index < -0.39 is 6.09 Å². The van der Waals surface area contributed by atoms with E-state index in [4.69, 9.17) is 0 Å². The number of likely N-dealkylation sites (tertiary alicyclic amines) is 1. The summed E-state index contributed by atoms with van der Waals surface area (Å²) in [5.41, 5.74) is 0.169. The average molecular weight is 348 g/mol. The molecule has 2 saturated heterocycles. The van der Waals surface area contributed by atoms with Gasteiger partial charge in [0.15, 0.2) is 0 Å². The second-order valence-electron chi connectivity index (χ2n) is 8.54. The van der Waals surface area contributed by atoms with Gasteiger partial charge < -0.3 is 15.3 Å².